The second-order valence-electron chi connectivity index (χ2n) is 5.10. The summed E-state index contributed by atoms with van der Waals surface area (Å²) in [6, 6.07) is -0.632. The van der Waals surface area contributed by atoms with Crippen molar-refractivity contribution >= 4 is 11.7 Å². The van der Waals surface area contributed by atoms with Crippen LogP contribution >= 0.6 is 0 Å². The van der Waals surface area contributed by atoms with Gasteiger partial charge in [-0.25, -0.2) is 8.78 Å². The second-order valence-corrected chi connectivity index (χ2v) is 5.10. The number of likely N-dealkylation sites (tertiary alicyclic amines) is 1. The molecule has 1 aliphatic carbocycles. The molecule has 1 heterocycles. The maximum Gasteiger partial charge on any atom is 0.383 e. The number of ketones is 1. The van der Waals surface area contributed by atoms with Gasteiger partial charge < -0.3 is 4.90 Å². The molecule has 2 atom stereocenters. The number of rotatable bonds is 3. The number of amides is 1. The SMILES string of the molecule is O=C1CCCC1C1CCCN1C(=O)C(F)(F)C(F)F. The lowest BCUT2D eigenvalue weighted by Gasteiger charge is -2.31. The van der Waals surface area contributed by atoms with Crippen molar-refractivity contribution in [3.8, 4) is 0 Å². The topological polar surface area (TPSA) is 37.4 Å². The predicted octanol–water partition coefficient (Wildman–Crippen LogP) is 2.25. The highest BCUT2D eigenvalue weighted by molar-refractivity contribution is 5.87. The van der Waals surface area contributed by atoms with Gasteiger partial charge in [0.05, 0.1) is 0 Å². The standard InChI is InChI=1S/C12H15F4NO2/c13-10(14)12(15,16)11(19)17-6-2-4-8(17)7-3-1-5-9(7)18/h7-8,10H,1-6H2. The molecule has 0 radical (unpaired) electrons. The number of alkyl halides is 4. The van der Waals surface area contributed by atoms with Crippen molar-refractivity contribution in [2.75, 3.05) is 6.54 Å². The lowest BCUT2D eigenvalue weighted by atomic mass is 9.95. The first-order chi connectivity index (χ1) is 8.85. The molecule has 19 heavy (non-hydrogen) atoms. The van der Waals surface area contributed by atoms with Gasteiger partial charge >= 0.3 is 12.3 Å². The average Bonchev–Trinajstić information content (AvgIpc) is 2.95. The van der Waals surface area contributed by atoms with Gasteiger partial charge in [-0.15, -0.1) is 0 Å². The number of carbonyl (C=O) groups is 2. The Morgan fingerprint density at radius 1 is 1.26 bits per heavy atom. The number of nitrogens with zero attached hydrogens (tertiary/aromatic N) is 1. The molecule has 0 aromatic heterocycles. The minimum absolute atomic E-state index is 0.0234. The van der Waals surface area contributed by atoms with Crippen LogP contribution in [0.25, 0.3) is 0 Å². The molecule has 0 bridgehead atoms. The van der Waals surface area contributed by atoms with Crippen LogP contribution in [0, 0.1) is 5.92 Å². The van der Waals surface area contributed by atoms with Gasteiger partial charge in [0.2, 0.25) is 0 Å². The van der Waals surface area contributed by atoms with E-state index in [9.17, 15) is 27.2 Å². The zero-order chi connectivity index (χ0) is 14.2. The van der Waals surface area contributed by atoms with E-state index in [1.54, 1.807) is 0 Å². The van der Waals surface area contributed by atoms with E-state index in [2.05, 4.69) is 0 Å². The number of carbonyl (C=O) groups excluding carboxylic acids is 2. The first-order valence-corrected chi connectivity index (χ1v) is 6.35. The first kappa shape index (κ1) is 14.3. The zero-order valence-electron chi connectivity index (χ0n) is 10.3. The molecule has 0 aromatic rings. The van der Waals surface area contributed by atoms with Gasteiger partial charge in [-0.05, 0) is 25.7 Å². The van der Waals surface area contributed by atoms with Crippen LogP contribution in [-0.4, -0.2) is 41.5 Å². The summed E-state index contributed by atoms with van der Waals surface area (Å²) in [7, 11) is 0. The lowest BCUT2D eigenvalue weighted by Crippen LogP contribution is -2.51. The summed E-state index contributed by atoms with van der Waals surface area (Å²) in [6.07, 6.45) is -1.50. The Labute approximate surface area is 107 Å². The summed E-state index contributed by atoms with van der Waals surface area (Å²) in [4.78, 5) is 24.0. The fourth-order valence-electron chi connectivity index (χ4n) is 3.00. The maximum atomic E-state index is 13.1. The van der Waals surface area contributed by atoms with E-state index in [-0.39, 0.29) is 12.3 Å². The molecule has 1 aliphatic heterocycles. The van der Waals surface area contributed by atoms with E-state index >= 15 is 0 Å². The Balaban J connectivity index is 2.15. The minimum Gasteiger partial charge on any atom is -0.334 e. The van der Waals surface area contributed by atoms with Crippen molar-refractivity contribution < 1.29 is 27.2 Å². The summed E-state index contributed by atoms with van der Waals surface area (Å²) in [5.41, 5.74) is 0. The average molecular weight is 281 g/mol. The van der Waals surface area contributed by atoms with Gasteiger partial charge in [-0.2, -0.15) is 8.78 Å². The van der Waals surface area contributed by atoms with E-state index in [4.69, 9.17) is 0 Å². The van der Waals surface area contributed by atoms with Crippen molar-refractivity contribution in [3.05, 3.63) is 0 Å². The zero-order valence-corrected chi connectivity index (χ0v) is 10.3. The number of hydrogen-bond acceptors (Lipinski definition) is 2. The highest BCUT2D eigenvalue weighted by atomic mass is 19.3. The molecule has 2 rings (SSSR count). The molecule has 7 heteroatoms. The van der Waals surface area contributed by atoms with Crippen LogP contribution in [0.3, 0.4) is 0 Å². The van der Waals surface area contributed by atoms with Crippen LogP contribution in [0.4, 0.5) is 17.6 Å². The Morgan fingerprint density at radius 3 is 2.47 bits per heavy atom. The molecule has 2 fully saturated rings. The van der Waals surface area contributed by atoms with Crippen molar-refractivity contribution in [1.82, 2.24) is 4.90 Å². The third-order valence-electron chi connectivity index (χ3n) is 3.94. The number of halogens is 4. The van der Waals surface area contributed by atoms with Crippen molar-refractivity contribution in [2.45, 2.75) is 50.5 Å². The van der Waals surface area contributed by atoms with Crippen molar-refractivity contribution in [2.24, 2.45) is 5.92 Å². The van der Waals surface area contributed by atoms with Gasteiger partial charge in [0.25, 0.3) is 5.91 Å². The van der Waals surface area contributed by atoms with Gasteiger partial charge in [0.1, 0.15) is 5.78 Å². The second kappa shape index (κ2) is 5.09. The van der Waals surface area contributed by atoms with Crippen LogP contribution in [0.5, 0.6) is 0 Å². The normalized spacial score (nSPS) is 28.5. The number of Topliss-reactive ketones (excluding diaryl/α,β-unsaturated/α-hetero) is 1. The van der Waals surface area contributed by atoms with Gasteiger partial charge in [-0.3, -0.25) is 9.59 Å². The molecular formula is C12H15F4NO2. The predicted molar refractivity (Wildman–Crippen MR) is 58.0 cm³/mol. The van der Waals surface area contributed by atoms with Gasteiger partial charge in [0, 0.05) is 24.9 Å². The molecule has 2 unspecified atom stereocenters. The molecule has 0 spiro atoms. The van der Waals surface area contributed by atoms with E-state index < -0.39 is 30.2 Å². The highest BCUT2D eigenvalue weighted by Crippen LogP contribution is 2.36. The summed E-state index contributed by atoms with van der Waals surface area (Å²) >= 11 is 0. The quantitative estimate of drug-likeness (QED) is 0.744. The Bertz CT molecular complexity index is 386. The summed E-state index contributed by atoms with van der Waals surface area (Å²) in [5.74, 6) is -7.01. The van der Waals surface area contributed by atoms with Crippen molar-refractivity contribution in [3.63, 3.8) is 0 Å². The van der Waals surface area contributed by atoms with Gasteiger partial charge in [-0.1, -0.05) is 0 Å². The molecule has 2 aliphatic rings. The van der Waals surface area contributed by atoms with Crippen LogP contribution in [0.2, 0.25) is 0 Å². The monoisotopic (exact) mass is 281 g/mol. The van der Waals surface area contributed by atoms with Crippen molar-refractivity contribution in [1.29, 1.82) is 0 Å². The molecule has 0 N–H and O–H groups in total. The fourth-order valence-corrected chi connectivity index (χ4v) is 3.00. The van der Waals surface area contributed by atoms with E-state index in [0.717, 1.165) is 4.90 Å². The Hall–Kier alpha value is -1.14. The van der Waals surface area contributed by atoms with E-state index in [1.165, 1.54) is 0 Å². The molecular weight excluding hydrogens is 266 g/mol. The maximum absolute atomic E-state index is 13.1. The summed E-state index contributed by atoms with van der Waals surface area (Å²) in [6.45, 7) is 0.0234. The third kappa shape index (κ3) is 2.47. The molecule has 1 amide bonds. The van der Waals surface area contributed by atoms with E-state index in [1.807, 2.05) is 0 Å². The molecule has 3 nitrogen and oxygen atoms in total. The van der Waals surface area contributed by atoms with Crippen LogP contribution in [-0.2, 0) is 9.59 Å². The van der Waals surface area contributed by atoms with Crippen LogP contribution in [0.15, 0.2) is 0 Å². The molecule has 0 aromatic carbocycles. The molecule has 108 valence electrons. The lowest BCUT2D eigenvalue weighted by molar-refractivity contribution is -0.182. The van der Waals surface area contributed by atoms with Crippen LogP contribution in [0.1, 0.15) is 32.1 Å². The summed E-state index contributed by atoms with van der Waals surface area (Å²) < 4.78 is 50.7. The third-order valence-corrected chi connectivity index (χ3v) is 3.94. The Morgan fingerprint density at radius 2 is 1.95 bits per heavy atom. The smallest absolute Gasteiger partial charge is 0.334 e. The van der Waals surface area contributed by atoms with E-state index in [0.29, 0.717) is 32.1 Å². The molecule has 1 saturated heterocycles. The van der Waals surface area contributed by atoms with Crippen LogP contribution < -0.4 is 0 Å². The minimum atomic E-state index is -4.66. The molecule has 1 saturated carbocycles. The fraction of sp³-hybridized carbons (Fsp3) is 0.833. The largest absolute Gasteiger partial charge is 0.383 e. The highest BCUT2D eigenvalue weighted by Gasteiger charge is 2.54. The Kier molecular flexibility index (Phi) is 3.82. The number of hydrogen-bond donors (Lipinski definition) is 0. The summed E-state index contributed by atoms with van der Waals surface area (Å²) in [5, 5.41) is 0. The van der Waals surface area contributed by atoms with Gasteiger partial charge in [0.15, 0.2) is 0 Å². The first-order valence-electron chi connectivity index (χ1n) is 6.35.